The topological polar surface area (TPSA) is 138 Å². The van der Waals surface area contributed by atoms with Gasteiger partial charge in [-0.25, -0.2) is 9.97 Å². The number of nitrogens with one attached hydrogen (secondary N) is 2. The van der Waals surface area contributed by atoms with Crippen molar-refractivity contribution in [3.05, 3.63) is 41.2 Å². The van der Waals surface area contributed by atoms with E-state index in [1.807, 2.05) is 11.9 Å². The number of piperazine rings is 1. The molecular formula is C24H30N8O3. The molecule has 0 spiro atoms. The van der Waals surface area contributed by atoms with Gasteiger partial charge in [-0.05, 0) is 31.9 Å². The molecule has 3 heterocycles. The Morgan fingerprint density at radius 1 is 1.37 bits per heavy atom. The maximum absolute atomic E-state index is 12.3. The maximum Gasteiger partial charge on any atom is 0.237 e. The van der Waals surface area contributed by atoms with Gasteiger partial charge in [-0.1, -0.05) is 6.07 Å². The lowest BCUT2D eigenvalue weighted by atomic mass is 10.1. The number of nitrogens with zero attached hydrogens (tertiary/aromatic N) is 6. The first kappa shape index (κ1) is 24.4. The highest BCUT2D eigenvalue weighted by Gasteiger charge is 2.24. The molecule has 11 heteroatoms. The van der Waals surface area contributed by atoms with Gasteiger partial charge in [0, 0.05) is 51.1 Å². The highest BCUT2D eigenvalue weighted by molar-refractivity contribution is 5.80. The average Bonchev–Trinajstić information content (AvgIpc) is 3.69. The summed E-state index contributed by atoms with van der Waals surface area (Å²) in [5.74, 6) is 1.42. The first-order chi connectivity index (χ1) is 16.9. The second-order valence-corrected chi connectivity index (χ2v) is 9.06. The van der Waals surface area contributed by atoms with Crippen molar-refractivity contribution in [3.8, 4) is 6.07 Å². The minimum atomic E-state index is -1.19. The Labute approximate surface area is 204 Å². The summed E-state index contributed by atoms with van der Waals surface area (Å²) in [5, 5.41) is 26.2. The number of aldehydes is 1. The predicted molar refractivity (Wildman–Crippen MR) is 131 cm³/mol. The van der Waals surface area contributed by atoms with Gasteiger partial charge >= 0.3 is 0 Å². The van der Waals surface area contributed by atoms with Crippen molar-refractivity contribution < 1.29 is 14.7 Å². The number of pyridine rings is 2. The van der Waals surface area contributed by atoms with Crippen molar-refractivity contribution >= 4 is 29.5 Å². The maximum atomic E-state index is 12.3. The molecule has 1 amide bonds. The van der Waals surface area contributed by atoms with E-state index >= 15 is 0 Å². The number of carbonyl (C=O) groups excluding carboxylic acids is 2. The lowest BCUT2D eigenvalue weighted by Crippen LogP contribution is -2.48. The highest BCUT2D eigenvalue weighted by atomic mass is 16.3. The third kappa shape index (κ3) is 6.03. The van der Waals surface area contributed by atoms with Gasteiger partial charge in [0.05, 0.1) is 17.8 Å². The molecule has 2 fully saturated rings. The van der Waals surface area contributed by atoms with E-state index in [-0.39, 0.29) is 11.6 Å². The van der Waals surface area contributed by atoms with Crippen molar-refractivity contribution in [2.24, 2.45) is 5.92 Å². The number of rotatable bonds is 10. The highest BCUT2D eigenvalue weighted by Crippen LogP contribution is 2.30. The molecule has 35 heavy (non-hydrogen) atoms. The zero-order chi connectivity index (χ0) is 24.9. The Morgan fingerprint density at radius 2 is 2.17 bits per heavy atom. The fourth-order valence-electron chi connectivity index (χ4n) is 3.82. The first-order valence-electron chi connectivity index (χ1n) is 11.6. The van der Waals surface area contributed by atoms with E-state index in [1.165, 1.54) is 23.9 Å². The Bertz CT molecular complexity index is 1130. The van der Waals surface area contributed by atoms with Crippen molar-refractivity contribution in [2.75, 3.05) is 55.8 Å². The molecule has 11 nitrogen and oxygen atoms in total. The third-order valence-electron chi connectivity index (χ3n) is 6.29. The molecule has 2 aliphatic rings. The predicted octanol–water partition coefficient (Wildman–Crippen LogP) is 1.08. The molecule has 184 valence electrons. The minimum Gasteiger partial charge on any atom is -0.384 e. The zero-order valence-corrected chi connectivity index (χ0v) is 19.9. The van der Waals surface area contributed by atoms with Crippen LogP contribution in [0.1, 0.15) is 34.5 Å². The number of anilines is 3. The van der Waals surface area contributed by atoms with E-state index in [2.05, 4.69) is 26.7 Å². The SMILES string of the molecule is CN1CCN(Cc2ccc(N(C)C(O)Nc3cc(NCC4CC4)c(C#N)cn3)nc2C=O)C(=O)C1. The number of hydrogen-bond acceptors (Lipinski definition) is 10. The van der Waals surface area contributed by atoms with E-state index in [4.69, 9.17) is 0 Å². The molecule has 1 saturated carbocycles. The van der Waals surface area contributed by atoms with Crippen LogP contribution in [0.25, 0.3) is 0 Å². The summed E-state index contributed by atoms with van der Waals surface area (Å²) in [6.45, 7) is 2.82. The Kier molecular flexibility index (Phi) is 7.43. The van der Waals surface area contributed by atoms with Crippen LogP contribution in [0.15, 0.2) is 24.4 Å². The standard InChI is InChI=1S/C24H30N8O3/c1-30-7-8-32(23(34)14-30)13-17-5-6-22(28-20(17)15-33)31(2)24(35)29-21-9-19(18(10-25)12-27-21)26-11-16-3-4-16/h5-6,9,12,15-16,24,35H,3-4,7-8,11,13-14H2,1-2H3,(H2,26,27,29). The zero-order valence-electron chi connectivity index (χ0n) is 19.9. The second kappa shape index (κ2) is 10.7. The number of aliphatic hydroxyl groups is 1. The van der Waals surface area contributed by atoms with Crippen molar-refractivity contribution in [3.63, 3.8) is 0 Å². The summed E-state index contributed by atoms with van der Waals surface area (Å²) in [6, 6.07) is 7.27. The molecular weight excluding hydrogens is 448 g/mol. The monoisotopic (exact) mass is 478 g/mol. The van der Waals surface area contributed by atoms with E-state index in [0.29, 0.717) is 60.3 Å². The Hall–Kier alpha value is -3.75. The van der Waals surface area contributed by atoms with Gasteiger partial charge in [0.1, 0.15) is 23.4 Å². The molecule has 1 aliphatic heterocycles. The Balaban J connectivity index is 1.43. The number of aliphatic hydroxyl groups excluding tert-OH is 1. The summed E-state index contributed by atoms with van der Waals surface area (Å²) in [7, 11) is 3.53. The molecule has 2 aromatic rings. The van der Waals surface area contributed by atoms with Crippen molar-refractivity contribution in [1.82, 2.24) is 19.8 Å². The molecule has 3 N–H and O–H groups in total. The number of nitriles is 1. The van der Waals surface area contributed by atoms with Crippen LogP contribution < -0.4 is 15.5 Å². The summed E-state index contributed by atoms with van der Waals surface area (Å²) in [6.07, 6.45) is 3.31. The lowest BCUT2D eigenvalue weighted by Gasteiger charge is -2.32. The molecule has 0 bridgehead atoms. The number of hydrogen-bond donors (Lipinski definition) is 3. The molecule has 2 aromatic heterocycles. The number of likely N-dealkylation sites (N-methyl/N-ethyl adjacent to an activating group) is 1. The van der Waals surface area contributed by atoms with Crippen LogP contribution in [-0.2, 0) is 11.3 Å². The number of amides is 1. The van der Waals surface area contributed by atoms with Crippen LogP contribution in [0.3, 0.4) is 0 Å². The summed E-state index contributed by atoms with van der Waals surface area (Å²) < 4.78 is 0. The fourth-order valence-corrected chi connectivity index (χ4v) is 3.82. The van der Waals surface area contributed by atoms with Crippen LogP contribution in [0.4, 0.5) is 17.3 Å². The van der Waals surface area contributed by atoms with Crippen molar-refractivity contribution in [2.45, 2.75) is 25.7 Å². The molecule has 0 radical (unpaired) electrons. The van der Waals surface area contributed by atoms with E-state index in [9.17, 15) is 20.0 Å². The minimum absolute atomic E-state index is 0.0114. The summed E-state index contributed by atoms with van der Waals surface area (Å²) in [4.78, 5) is 37.8. The molecule has 4 rings (SSSR count). The molecule has 1 saturated heterocycles. The summed E-state index contributed by atoms with van der Waals surface area (Å²) >= 11 is 0. The van der Waals surface area contributed by atoms with E-state index in [1.54, 1.807) is 30.1 Å². The third-order valence-corrected chi connectivity index (χ3v) is 6.29. The quantitative estimate of drug-likeness (QED) is 0.336. The normalized spacial score (nSPS) is 17.0. The Morgan fingerprint density at radius 3 is 2.86 bits per heavy atom. The van der Waals surface area contributed by atoms with Crippen LogP contribution in [-0.4, -0.2) is 83.7 Å². The van der Waals surface area contributed by atoms with Gasteiger partial charge in [-0.2, -0.15) is 5.26 Å². The largest absolute Gasteiger partial charge is 0.384 e. The first-order valence-corrected chi connectivity index (χ1v) is 11.6. The molecule has 0 aromatic carbocycles. The van der Waals surface area contributed by atoms with Crippen LogP contribution in [0, 0.1) is 17.2 Å². The van der Waals surface area contributed by atoms with Crippen LogP contribution >= 0.6 is 0 Å². The van der Waals surface area contributed by atoms with Crippen LogP contribution in [0.2, 0.25) is 0 Å². The second-order valence-electron chi connectivity index (χ2n) is 9.06. The van der Waals surface area contributed by atoms with Crippen molar-refractivity contribution in [1.29, 1.82) is 5.26 Å². The smallest absolute Gasteiger partial charge is 0.237 e. The van der Waals surface area contributed by atoms with Gasteiger partial charge in [-0.15, -0.1) is 0 Å². The molecule has 1 atom stereocenters. The average molecular weight is 479 g/mol. The van der Waals surface area contributed by atoms with Gasteiger partial charge in [0.15, 0.2) is 6.29 Å². The van der Waals surface area contributed by atoms with E-state index in [0.717, 1.165) is 13.1 Å². The lowest BCUT2D eigenvalue weighted by molar-refractivity contribution is -0.136. The number of aromatic nitrogens is 2. The number of carbonyl (C=O) groups is 2. The van der Waals surface area contributed by atoms with Gasteiger partial charge < -0.3 is 25.5 Å². The van der Waals surface area contributed by atoms with Crippen LogP contribution in [0.5, 0.6) is 0 Å². The van der Waals surface area contributed by atoms with E-state index < -0.39 is 6.35 Å². The fraction of sp³-hybridized carbons (Fsp3) is 0.458. The molecule has 1 unspecified atom stereocenters. The van der Waals surface area contributed by atoms with Gasteiger partial charge in [0.2, 0.25) is 12.3 Å². The van der Waals surface area contributed by atoms with Gasteiger partial charge in [0.25, 0.3) is 0 Å². The summed E-state index contributed by atoms with van der Waals surface area (Å²) in [5.41, 5.74) is 1.97. The van der Waals surface area contributed by atoms with Gasteiger partial charge in [-0.3, -0.25) is 14.5 Å². The molecule has 1 aliphatic carbocycles.